The van der Waals surface area contributed by atoms with Crippen LogP contribution in [0.15, 0.2) is 30.3 Å². The molecule has 0 unspecified atom stereocenters. The third-order valence-electron chi connectivity index (χ3n) is 3.14. The normalized spacial score (nSPS) is 10.5. The molecule has 110 valence electrons. The van der Waals surface area contributed by atoms with E-state index in [0.717, 1.165) is 11.6 Å². The molecular weight excluding hydrogens is 278 g/mol. The molecule has 0 heterocycles. The third kappa shape index (κ3) is 3.34. The van der Waals surface area contributed by atoms with Gasteiger partial charge in [-0.1, -0.05) is 12.1 Å². The van der Waals surface area contributed by atoms with Crippen LogP contribution < -0.4 is 5.32 Å². The number of nitrogens with zero attached hydrogens (tertiary/aromatic N) is 1. The topological polar surface area (TPSA) is 55.2 Å². The number of non-ortho nitro benzene ring substituents is 1. The van der Waals surface area contributed by atoms with E-state index in [1.807, 2.05) is 0 Å². The van der Waals surface area contributed by atoms with Crippen LogP contribution in [0.25, 0.3) is 0 Å². The minimum Gasteiger partial charge on any atom is -0.379 e. The number of anilines is 1. The van der Waals surface area contributed by atoms with Crippen molar-refractivity contribution in [3.8, 4) is 0 Å². The molecule has 0 saturated heterocycles. The number of nitrogens with one attached hydrogen (secondary N) is 1. The quantitative estimate of drug-likeness (QED) is 0.681. The fraction of sp³-hybridized carbons (Fsp3) is 0.200. The number of benzene rings is 2. The van der Waals surface area contributed by atoms with E-state index in [1.54, 1.807) is 26.0 Å². The molecule has 0 spiro atoms. The van der Waals surface area contributed by atoms with Crippen molar-refractivity contribution < 1.29 is 13.7 Å². The molecule has 0 radical (unpaired) electrons. The lowest BCUT2D eigenvalue weighted by molar-refractivity contribution is -0.385. The lowest BCUT2D eigenvalue weighted by Gasteiger charge is -2.10. The molecule has 2 aromatic carbocycles. The maximum atomic E-state index is 13.7. The number of nitro benzene ring substituents is 1. The highest BCUT2D eigenvalue weighted by Crippen LogP contribution is 2.22. The molecule has 0 fully saturated rings. The van der Waals surface area contributed by atoms with E-state index in [9.17, 15) is 18.9 Å². The van der Waals surface area contributed by atoms with Crippen molar-refractivity contribution in [1.29, 1.82) is 0 Å². The molecule has 2 rings (SSSR count). The van der Waals surface area contributed by atoms with Gasteiger partial charge in [0.1, 0.15) is 5.82 Å². The Morgan fingerprint density at radius 3 is 2.29 bits per heavy atom. The van der Waals surface area contributed by atoms with Gasteiger partial charge in [-0.2, -0.15) is 0 Å². The van der Waals surface area contributed by atoms with Crippen LogP contribution in [0.3, 0.4) is 0 Å². The second-order valence-electron chi connectivity index (χ2n) is 4.82. The highest BCUT2D eigenvalue weighted by atomic mass is 19.1. The summed E-state index contributed by atoms with van der Waals surface area (Å²) < 4.78 is 27.2. The molecule has 0 aliphatic heterocycles. The van der Waals surface area contributed by atoms with Crippen LogP contribution in [-0.2, 0) is 6.54 Å². The highest BCUT2D eigenvalue weighted by molar-refractivity contribution is 5.50. The second kappa shape index (κ2) is 5.87. The molecule has 0 aliphatic carbocycles. The first-order chi connectivity index (χ1) is 9.88. The van der Waals surface area contributed by atoms with Crippen LogP contribution in [0.5, 0.6) is 0 Å². The van der Waals surface area contributed by atoms with Crippen LogP contribution in [-0.4, -0.2) is 4.92 Å². The van der Waals surface area contributed by atoms with Crippen molar-refractivity contribution in [2.45, 2.75) is 20.4 Å². The van der Waals surface area contributed by atoms with Gasteiger partial charge in [-0.25, -0.2) is 8.78 Å². The monoisotopic (exact) mass is 292 g/mol. The summed E-state index contributed by atoms with van der Waals surface area (Å²) in [6.45, 7) is 3.63. The largest absolute Gasteiger partial charge is 0.379 e. The van der Waals surface area contributed by atoms with Gasteiger partial charge >= 0.3 is 0 Å². The zero-order chi connectivity index (χ0) is 15.6. The summed E-state index contributed by atoms with van der Waals surface area (Å²) in [5, 5.41) is 13.4. The standard InChI is InChI=1S/C15H14F2N2O2/c1-9-5-11(6-10(2)15(9)17)8-18-14-4-3-12(19(20)21)7-13(14)16/h3-7,18H,8H2,1-2H3. The minimum atomic E-state index is -0.695. The van der Waals surface area contributed by atoms with Gasteiger partial charge in [0.25, 0.3) is 5.69 Å². The van der Waals surface area contributed by atoms with E-state index in [4.69, 9.17) is 0 Å². The van der Waals surface area contributed by atoms with Gasteiger partial charge in [-0.15, -0.1) is 0 Å². The van der Waals surface area contributed by atoms with E-state index < -0.39 is 10.7 Å². The molecule has 21 heavy (non-hydrogen) atoms. The van der Waals surface area contributed by atoms with E-state index >= 15 is 0 Å². The molecule has 0 aromatic heterocycles. The predicted molar refractivity (Wildman–Crippen MR) is 76.3 cm³/mol. The number of aryl methyl sites for hydroxylation is 2. The van der Waals surface area contributed by atoms with Crippen LogP contribution in [0, 0.1) is 35.6 Å². The average molecular weight is 292 g/mol. The van der Waals surface area contributed by atoms with Crippen molar-refractivity contribution in [1.82, 2.24) is 0 Å². The summed E-state index contributed by atoms with van der Waals surface area (Å²) in [4.78, 5) is 9.88. The molecule has 2 aromatic rings. The van der Waals surface area contributed by atoms with E-state index in [-0.39, 0.29) is 17.2 Å². The van der Waals surface area contributed by atoms with Gasteiger partial charge in [0.15, 0.2) is 5.82 Å². The van der Waals surface area contributed by atoms with Crippen molar-refractivity contribution in [3.63, 3.8) is 0 Å². The first kappa shape index (κ1) is 14.9. The Morgan fingerprint density at radius 1 is 1.14 bits per heavy atom. The Morgan fingerprint density at radius 2 is 1.76 bits per heavy atom. The summed E-state index contributed by atoms with van der Waals surface area (Å²) in [6, 6.07) is 6.77. The third-order valence-corrected chi connectivity index (χ3v) is 3.14. The molecule has 0 aliphatic rings. The van der Waals surface area contributed by atoms with Crippen LogP contribution in [0.4, 0.5) is 20.2 Å². The van der Waals surface area contributed by atoms with Gasteiger partial charge in [0.2, 0.25) is 0 Å². The molecule has 6 heteroatoms. The second-order valence-corrected chi connectivity index (χ2v) is 4.82. The number of nitro groups is 1. The molecule has 4 nitrogen and oxygen atoms in total. The fourth-order valence-electron chi connectivity index (χ4n) is 2.10. The Labute approximate surface area is 120 Å². The summed E-state index contributed by atoms with van der Waals surface area (Å²) in [7, 11) is 0. The predicted octanol–water partition coefficient (Wildman–Crippen LogP) is 4.10. The SMILES string of the molecule is Cc1cc(CNc2ccc([N+](=O)[O-])cc2F)cc(C)c1F. The van der Waals surface area contributed by atoms with Crippen molar-refractivity contribution >= 4 is 11.4 Å². The Kier molecular flexibility index (Phi) is 4.16. The Hall–Kier alpha value is -2.50. The summed E-state index contributed by atoms with van der Waals surface area (Å²) in [5.41, 5.74) is 1.72. The number of halogens is 2. The highest BCUT2D eigenvalue weighted by Gasteiger charge is 2.11. The van der Waals surface area contributed by atoms with Crippen molar-refractivity contribution in [2.24, 2.45) is 0 Å². The molecule has 0 atom stereocenters. The Bertz CT molecular complexity index is 679. The van der Waals surface area contributed by atoms with Crippen LogP contribution in [0.2, 0.25) is 0 Å². The van der Waals surface area contributed by atoms with Gasteiger partial charge in [-0.05, 0) is 36.6 Å². The smallest absolute Gasteiger partial charge is 0.272 e. The molecule has 0 saturated carbocycles. The molecule has 0 amide bonds. The Balaban J connectivity index is 2.15. The first-order valence-corrected chi connectivity index (χ1v) is 6.32. The summed E-state index contributed by atoms with van der Waals surface area (Å²) in [6.07, 6.45) is 0. The maximum Gasteiger partial charge on any atom is 0.272 e. The van der Waals surface area contributed by atoms with E-state index in [1.165, 1.54) is 12.1 Å². The number of hydrogen-bond donors (Lipinski definition) is 1. The lowest BCUT2D eigenvalue weighted by atomic mass is 10.1. The van der Waals surface area contributed by atoms with Crippen molar-refractivity contribution in [2.75, 3.05) is 5.32 Å². The van der Waals surface area contributed by atoms with Crippen LogP contribution in [0.1, 0.15) is 16.7 Å². The van der Waals surface area contributed by atoms with Gasteiger partial charge < -0.3 is 5.32 Å². The lowest BCUT2D eigenvalue weighted by Crippen LogP contribution is -2.03. The summed E-state index contributed by atoms with van der Waals surface area (Å²) >= 11 is 0. The van der Waals surface area contributed by atoms with E-state index in [2.05, 4.69) is 5.32 Å². The average Bonchev–Trinajstić information content (AvgIpc) is 2.43. The number of hydrogen-bond acceptors (Lipinski definition) is 3. The van der Waals surface area contributed by atoms with Crippen molar-refractivity contribution in [3.05, 3.63) is 68.8 Å². The molecular formula is C15H14F2N2O2. The number of rotatable bonds is 4. The first-order valence-electron chi connectivity index (χ1n) is 6.32. The van der Waals surface area contributed by atoms with Crippen LogP contribution >= 0.6 is 0 Å². The minimum absolute atomic E-state index is 0.167. The zero-order valence-electron chi connectivity index (χ0n) is 11.6. The molecule has 1 N–H and O–H groups in total. The van der Waals surface area contributed by atoms with Gasteiger partial charge in [-0.3, -0.25) is 10.1 Å². The molecule has 0 bridgehead atoms. The van der Waals surface area contributed by atoms with Gasteiger partial charge in [0, 0.05) is 12.6 Å². The van der Waals surface area contributed by atoms with E-state index in [0.29, 0.717) is 17.7 Å². The summed E-state index contributed by atoms with van der Waals surface area (Å²) in [5.74, 6) is -0.944. The van der Waals surface area contributed by atoms with Gasteiger partial charge in [0.05, 0.1) is 16.7 Å². The zero-order valence-corrected chi connectivity index (χ0v) is 11.6. The maximum absolute atomic E-state index is 13.7. The fourth-order valence-corrected chi connectivity index (χ4v) is 2.10.